The van der Waals surface area contributed by atoms with Crippen LogP contribution in [0, 0.1) is 12.7 Å². The minimum absolute atomic E-state index is 0.0716. The van der Waals surface area contributed by atoms with Crippen LogP contribution in [0.2, 0.25) is 0 Å². The molecule has 0 saturated carbocycles. The number of furan rings is 1. The molecule has 1 aliphatic rings. The van der Waals surface area contributed by atoms with Gasteiger partial charge in [-0.3, -0.25) is 9.69 Å². The third-order valence-corrected chi connectivity index (χ3v) is 5.89. The lowest BCUT2D eigenvalue weighted by Gasteiger charge is -2.35. The number of ether oxygens (including phenoxy) is 1. The van der Waals surface area contributed by atoms with E-state index in [4.69, 9.17) is 9.15 Å². The largest absolute Gasteiger partial charge is 0.497 e. The minimum atomic E-state index is -0.344. The van der Waals surface area contributed by atoms with Gasteiger partial charge in [-0.1, -0.05) is 18.6 Å². The van der Waals surface area contributed by atoms with Crippen LogP contribution >= 0.6 is 0 Å². The molecule has 1 N–H and O–H groups in total. The lowest BCUT2D eigenvalue weighted by atomic mass is 10.0. The second-order valence-electron chi connectivity index (χ2n) is 7.79. The third kappa shape index (κ3) is 4.19. The van der Waals surface area contributed by atoms with Crippen molar-refractivity contribution in [2.75, 3.05) is 26.7 Å². The molecule has 0 radical (unpaired) electrons. The van der Waals surface area contributed by atoms with Gasteiger partial charge in [-0.25, -0.2) is 4.39 Å². The number of carbonyl (C=O) groups is 1. The Morgan fingerprint density at radius 1 is 1.17 bits per heavy atom. The van der Waals surface area contributed by atoms with E-state index in [9.17, 15) is 9.18 Å². The van der Waals surface area contributed by atoms with Gasteiger partial charge in [0.05, 0.1) is 13.2 Å². The molecule has 5 nitrogen and oxygen atoms in total. The van der Waals surface area contributed by atoms with E-state index in [2.05, 4.69) is 22.3 Å². The van der Waals surface area contributed by atoms with E-state index >= 15 is 0 Å². The molecule has 2 aromatic carbocycles. The first-order valence-corrected chi connectivity index (χ1v) is 10.4. The molecule has 1 aromatic heterocycles. The summed E-state index contributed by atoms with van der Waals surface area (Å²) in [6.45, 7) is 4.27. The highest BCUT2D eigenvalue weighted by atomic mass is 19.1. The molecule has 3 aromatic rings. The number of piperidine rings is 1. The summed E-state index contributed by atoms with van der Waals surface area (Å²) in [5.41, 5.74) is 2.31. The van der Waals surface area contributed by atoms with E-state index in [1.165, 1.54) is 18.6 Å². The fraction of sp³-hybridized carbons (Fsp3) is 0.375. The predicted octanol–water partition coefficient (Wildman–Crippen LogP) is 4.85. The number of nitrogens with one attached hydrogen (secondary N) is 1. The number of aryl methyl sites for hydroxylation is 1. The SMILES string of the molecule is COc1ccc([C@@H](CNC(=O)c2oc3ccc(F)cc3c2C)N2CCCCC2)cc1. The maximum absolute atomic E-state index is 13.6. The summed E-state index contributed by atoms with van der Waals surface area (Å²) >= 11 is 0. The molecule has 6 heteroatoms. The average Bonchev–Trinajstić information content (AvgIpc) is 3.11. The molecule has 1 aliphatic heterocycles. The molecular weight excluding hydrogens is 383 g/mol. The maximum atomic E-state index is 13.6. The number of methoxy groups -OCH3 is 1. The number of hydrogen-bond donors (Lipinski definition) is 1. The summed E-state index contributed by atoms with van der Waals surface area (Å²) < 4.78 is 24.6. The Morgan fingerprint density at radius 2 is 1.90 bits per heavy atom. The first-order valence-electron chi connectivity index (χ1n) is 10.4. The molecule has 0 unspecified atom stereocenters. The predicted molar refractivity (Wildman–Crippen MR) is 114 cm³/mol. The second-order valence-corrected chi connectivity index (χ2v) is 7.79. The van der Waals surface area contributed by atoms with E-state index < -0.39 is 0 Å². The highest BCUT2D eigenvalue weighted by molar-refractivity contribution is 5.98. The van der Waals surface area contributed by atoms with Crippen molar-refractivity contribution < 1.29 is 18.3 Å². The van der Waals surface area contributed by atoms with E-state index in [0.717, 1.165) is 37.2 Å². The average molecular weight is 410 g/mol. The van der Waals surface area contributed by atoms with Crippen molar-refractivity contribution in [1.29, 1.82) is 0 Å². The van der Waals surface area contributed by atoms with Crippen molar-refractivity contribution in [3.8, 4) is 5.75 Å². The van der Waals surface area contributed by atoms with Crippen LogP contribution < -0.4 is 10.1 Å². The molecule has 1 amide bonds. The Balaban J connectivity index is 1.54. The summed E-state index contributed by atoms with van der Waals surface area (Å²) in [5, 5.41) is 3.67. The fourth-order valence-corrected chi connectivity index (χ4v) is 4.19. The first kappa shape index (κ1) is 20.4. The van der Waals surface area contributed by atoms with Gasteiger partial charge in [0.25, 0.3) is 5.91 Å². The zero-order chi connectivity index (χ0) is 21.1. The Hall–Kier alpha value is -2.86. The second kappa shape index (κ2) is 8.88. The number of nitrogens with zero attached hydrogens (tertiary/aromatic N) is 1. The lowest BCUT2D eigenvalue weighted by Crippen LogP contribution is -2.40. The highest BCUT2D eigenvalue weighted by Crippen LogP contribution is 2.28. The third-order valence-electron chi connectivity index (χ3n) is 5.89. The van der Waals surface area contributed by atoms with E-state index in [1.54, 1.807) is 20.1 Å². The van der Waals surface area contributed by atoms with Crippen molar-refractivity contribution in [1.82, 2.24) is 10.2 Å². The van der Waals surface area contributed by atoms with Gasteiger partial charge in [0, 0.05) is 17.5 Å². The van der Waals surface area contributed by atoms with E-state index in [-0.39, 0.29) is 23.5 Å². The van der Waals surface area contributed by atoms with E-state index in [1.807, 2.05) is 12.1 Å². The highest BCUT2D eigenvalue weighted by Gasteiger charge is 2.25. The summed E-state index contributed by atoms with van der Waals surface area (Å²) in [6.07, 6.45) is 3.57. The fourth-order valence-electron chi connectivity index (χ4n) is 4.19. The summed E-state index contributed by atoms with van der Waals surface area (Å²) in [7, 11) is 1.65. The molecule has 4 rings (SSSR count). The first-order chi connectivity index (χ1) is 14.6. The van der Waals surface area contributed by atoms with Crippen molar-refractivity contribution in [3.05, 3.63) is 65.2 Å². The lowest BCUT2D eigenvalue weighted by molar-refractivity contribution is 0.0898. The van der Waals surface area contributed by atoms with Crippen LogP contribution in [0.5, 0.6) is 5.75 Å². The monoisotopic (exact) mass is 410 g/mol. The van der Waals surface area contributed by atoms with Crippen molar-refractivity contribution in [2.45, 2.75) is 32.2 Å². The van der Waals surface area contributed by atoms with Crippen LogP contribution in [0.3, 0.4) is 0 Å². The smallest absolute Gasteiger partial charge is 0.287 e. The van der Waals surface area contributed by atoms with Gasteiger partial charge in [-0.15, -0.1) is 0 Å². The number of likely N-dealkylation sites (tertiary alicyclic amines) is 1. The molecule has 2 heterocycles. The molecule has 1 saturated heterocycles. The number of benzene rings is 2. The Kier molecular flexibility index (Phi) is 6.04. The van der Waals surface area contributed by atoms with Crippen LogP contribution in [0.25, 0.3) is 11.0 Å². The molecule has 30 heavy (non-hydrogen) atoms. The molecule has 158 valence electrons. The summed E-state index contributed by atoms with van der Waals surface area (Å²) in [4.78, 5) is 15.3. The number of halogens is 1. The quantitative estimate of drug-likeness (QED) is 0.631. The van der Waals surface area contributed by atoms with Crippen LogP contribution in [0.4, 0.5) is 4.39 Å². The number of fused-ring (bicyclic) bond motifs is 1. The summed E-state index contributed by atoms with van der Waals surface area (Å²) in [5.74, 6) is 0.427. The molecule has 1 atom stereocenters. The van der Waals surface area contributed by atoms with Gasteiger partial charge < -0.3 is 14.5 Å². The Bertz CT molecular complexity index is 1020. The van der Waals surface area contributed by atoms with Gasteiger partial charge in [-0.05, 0) is 68.8 Å². The van der Waals surface area contributed by atoms with Crippen LogP contribution in [0.15, 0.2) is 46.9 Å². The molecule has 1 fully saturated rings. The Morgan fingerprint density at radius 3 is 2.60 bits per heavy atom. The topological polar surface area (TPSA) is 54.7 Å². The van der Waals surface area contributed by atoms with Gasteiger partial charge >= 0.3 is 0 Å². The zero-order valence-corrected chi connectivity index (χ0v) is 17.4. The van der Waals surface area contributed by atoms with Crippen molar-refractivity contribution in [2.24, 2.45) is 0 Å². The van der Waals surface area contributed by atoms with Crippen molar-refractivity contribution in [3.63, 3.8) is 0 Å². The van der Waals surface area contributed by atoms with Crippen LogP contribution in [-0.2, 0) is 0 Å². The van der Waals surface area contributed by atoms with Gasteiger partial charge in [-0.2, -0.15) is 0 Å². The van der Waals surface area contributed by atoms with Crippen molar-refractivity contribution >= 4 is 16.9 Å². The van der Waals surface area contributed by atoms with E-state index in [0.29, 0.717) is 23.1 Å². The number of carbonyl (C=O) groups excluding carboxylic acids is 1. The molecule has 0 spiro atoms. The molecular formula is C24H27FN2O3. The zero-order valence-electron chi connectivity index (χ0n) is 17.4. The maximum Gasteiger partial charge on any atom is 0.287 e. The Labute approximate surface area is 175 Å². The number of amides is 1. The molecule has 0 aliphatic carbocycles. The van der Waals surface area contributed by atoms with Crippen LogP contribution in [-0.4, -0.2) is 37.6 Å². The van der Waals surface area contributed by atoms with Gasteiger partial charge in [0.15, 0.2) is 5.76 Å². The standard InChI is InChI=1S/C24H27FN2O3/c1-16-20-14-18(25)8-11-22(20)30-23(16)24(28)26-15-21(27-12-4-3-5-13-27)17-6-9-19(29-2)10-7-17/h6-11,14,21H,3-5,12-13,15H2,1-2H3,(H,26,28)/t21-/m1/s1. The summed E-state index contributed by atoms with van der Waals surface area (Å²) in [6, 6.07) is 12.4. The van der Waals surface area contributed by atoms with Gasteiger partial charge in [0.2, 0.25) is 0 Å². The normalized spacial score (nSPS) is 15.8. The van der Waals surface area contributed by atoms with Gasteiger partial charge in [0.1, 0.15) is 17.1 Å². The number of rotatable bonds is 6. The minimum Gasteiger partial charge on any atom is -0.497 e. The number of hydrogen-bond acceptors (Lipinski definition) is 4. The molecule has 0 bridgehead atoms. The van der Waals surface area contributed by atoms with Crippen LogP contribution in [0.1, 0.15) is 47.0 Å².